The number of carbonyl (C=O) groups is 2. The maximum absolute atomic E-state index is 13.0. The van der Waals surface area contributed by atoms with E-state index in [0.29, 0.717) is 44.9 Å². The predicted molar refractivity (Wildman–Crippen MR) is 146 cm³/mol. The summed E-state index contributed by atoms with van der Waals surface area (Å²) in [5.41, 5.74) is 0.00362. The first-order valence-electron chi connectivity index (χ1n) is 14.4. The lowest BCUT2D eigenvalue weighted by molar-refractivity contribution is -0.370. The molecular formula is C28H51NO8Si. The van der Waals surface area contributed by atoms with Crippen molar-refractivity contribution in [3.8, 4) is 0 Å². The Balaban J connectivity index is 1.67. The second-order valence-corrected chi connectivity index (χ2v) is 19.0. The minimum atomic E-state index is -1.84. The van der Waals surface area contributed by atoms with Crippen LogP contribution in [0.4, 0.5) is 0 Å². The maximum atomic E-state index is 13.0. The summed E-state index contributed by atoms with van der Waals surface area (Å²) in [6, 6.07) is 0. The molecule has 0 aromatic carbocycles. The lowest BCUT2D eigenvalue weighted by Crippen LogP contribution is -2.55. The van der Waals surface area contributed by atoms with Crippen LogP contribution in [0.15, 0.2) is 0 Å². The van der Waals surface area contributed by atoms with E-state index in [2.05, 4.69) is 45.7 Å². The molecule has 3 unspecified atom stereocenters. The van der Waals surface area contributed by atoms with Gasteiger partial charge in [0.2, 0.25) is 11.7 Å². The molecule has 3 aliphatic rings. The van der Waals surface area contributed by atoms with Crippen LogP contribution in [0.1, 0.15) is 85.5 Å². The minimum Gasteiger partial charge on any atom is -0.481 e. The van der Waals surface area contributed by atoms with Crippen molar-refractivity contribution < 1.29 is 38.7 Å². The Morgan fingerprint density at radius 1 is 1.03 bits per heavy atom. The normalized spacial score (nSPS) is 32.8. The second-order valence-electron chi connectivity index (χ2n) is 13.7. The Labute approximate surface area is 229 Å². The van der Waals surface area contributed by atoms with Gasteiger partial charge in [-0.1, -0.05) is 46.8 Å². The molecule has 1 spiro atoms. The predicted octanol–water partition coefficient (Wildman–Crippen LogP) is 5.25. The average molecular weight is 558 g/mol. The highest BCUT2D eigenvalue weighted by molar-refractivity contribution is 6.77. The van der Waals surface area contributed by atoms with Crippen molar-refractivity contribution >= 4 is 20.0 Å². The first-order valence-corrected chi connectivity index (χ1v) is 18.0. The molecule has 9 nitrogen and oxygen atoms in total. The fourth-order valence-electron chi connectivity index (χ4n) is 5.70. The summed E-state index contributed by atoms with van der Waals surface area (Å²) in [5.74, 6) is -2.61. The van der Waals surface area contributed by atoms with Gasteiger partial charge in [0.1, 0.15) is 8.07 Å². The highest BCUT2D eigenvalue weighted by atomic mass is 28.3. The van der Waals surface area contributed by atoms with E-state index >= 15 is 0 Å². The Morgan fingerprint density at radius 3 is 2.32 bits per heavy atom. The Kier molecular flexibility index (Phi) is 10.5. The summed E-state index contributed by atoms with van der Waals surface area (Å²) in [6.07, 6.45) is 5.92. The molecule has 220 valence electrons. The highest BCUT2D eigenvalue weighted by Crippen LogP contribution is 2.53. The van der Waals surface area contributed by atoms with E-state index in [4.69, 9.17) is 29.1 Å². The third-order valence-corrected chi connectivity index (χ3v) is 9.90. The van der Waals surface area contributed by atoms with Crippen LogP contribution < -0.4 is 5.32 Å². The van der Waals surface area contributed by atoms with Crippen molar-refractivity contribution in [3.63, 3.8) is 0 Å². The van der Waals surface area contributed by atoms with E-state index in [1.54, 1.807) is 0 Å². The molecule has 1 aliphatic carbocycles. The van der Waals surface area contributed by atoms with Crippen LogP contribution >= 0.6 is 0 Å². The molecule has 2 saturated heterocycles. The molecule has 0 bridgehead atoms. The monoisotopic (exact) mass is 557 g/mol. The zero-order valence-corrected chi connectivity index (χ0v) is 25.6. The summed E-state index contributed by atoms with van der Waals surface area (Å²) in [7, 11) is -1.84. The van der Waals surface area contributed by atoms with E-state index in [1.807, 2.05) is 6.92 Å². The van der Waals surface area contributed by atoms with Gasteiger partial charge in [-0.2, -0.15) is 4.89 Å². The lowest BCUT2D eigenvalue weighted by Gasteiger charge is -2.48. The minimum absolute atomic E-state index is 0.00362. The number of ether oxygens (including phenoxy) is 3. The van der Waals surface area contributed by atoms with Crippen molar-refractivity contribution in [2.75, 3.05) is 19.8 Å². The molecule has 3 fully saturated rings. The number of rotatable bonds is 12. The van der Waals surface area contributed by atoms with Crippen LogP contribution in [0, 0.1) is 23.2 Å². The van der Waals surface area contributed by atoms with Gasteiger partial charge >= 0.3 is 5.97 Å². The smallest absolute Gasteiger partial charge is 0.303 e. The van der Waals surface area contributed by atoms with E-state index in [1.165, 1.54) is 0 Å². The fourth-order valence-corrected chi connectivity index (χ4v) is 6.57. The van der Waals surface area contributed by atoms with Crippen LogP contribution in [0.5, 0.6) is 0 Å². The SMILES string of the molecule is C[C@@H]1CCC(CC(=O)NCCCCCC(=O)O)C2(OOC([Si](C)(C)C)O2)[C@H]1CCC1(C)OCC(C)(C)CO1. The van der Waals surface area contributed by atoms with Crippen LogP contribution in [0.25, 0.3) is 0 Å². The standard InChI is InChI=1S/C28H51NO8Si/c1-20-12-13-21(17-23(30)29-16-10-8-9-11-24(31)32)28(35-25(36-37-28)38(5,6)7)22(20)14-15-27(4)33-18-26(2,3)19-34-27/h20-22,25H,8-19H2,1-7H3,(H,29,30)(H,31,32)/t20-,21?,22+,25?,28?/m1/s1. The first kappa shape index (κ1) is 31.5. The van der Waals surface area contributed by atoms with Gasteiger partial charge in [0.05, 0.1) is 13.2 Å². The van der Waals surface area contributed by atoms with E-state index in [-0.39, 0.29) is 29.6 Å². The molecule has 1 amide bonds. The number of carboxylic acids is 1. The number of aliphatic carboxylic acids is 1. The van der Waals surface area contributed by atoms with Gasteiger partial charge in [0.25, 0.3) is 0 Å². The Hall–Kier alpha value is -1.04. The summed E-state index contributed by atoms with van der Waals surface area (Å²) in [5, 5.41) is 11.8. The van der Waals surface area contributed by atoms with Crippen molar-refractivity contribution in [2.45, 2.75) is 123 Å². The van der Waals surface area contributed by atoms with Crippen molar-refractivity contribution in [2.24, 2.45) is 23.2 Å². The molecule has 38 heavy (non-hydrogen) atoms. The quantitative estimate of drug-likeness (QED) is 0.190. The zero-order chi connectivity index (χ0) is 28.2. The summed E-state index contributed by atoms with van der Waals surface area (Å²) in [4.78, 5) is 35.8. The van der Waals surface area contributed by atoms with Gasteiger partial charge < -0.3 is 24.6 Å². The molecular weight excluding hydrogens is 506 g/mol. The number of hydrogen-bond donors (Lipinski definition) is 2. The fraction of sp³-hybridized carbons (Fsp3) is 0.929. The third kappa shape index (κ3) is 8.24. The van der Waals surface area contributed by atoms with Crippen LogP contribution in [-0.4, -0.2) is 62.3 Å². The molecule has 0 aromatic heterocycles. The molecule has 10 heteroatoms. The van der Waals surface area contributed by atoms with Crippen molar-refractivity contribution in [3.05, 3.63) is 0 Å². The zero-order valence-electron chi connectivity index (χ0n) is 24.6. The summed E-state index contributed by atoms with van der Waals surface area (Å²) < 4.78 is 19.1. The van der Waals surface area contributed by atoms with Crippen LogP contribution in [-0.2, 0) is 33.6 Å². The lowest BCUT2D eigenvalue weighted by atomic mass is 9.67. The maximum Gasteiger partial charge on any atom is 0.303 e. The first-order chi connectivity index (χ1) is 17.7. The van der Waals surface area contributed by atoms with E-state index in [0.717, 1.165) is 32.1 Å². The average Bonchev–Trinajstić information content (AvgIpc) is 3.27. The van der Waals surface area contributed by atoms with Gasteiger partial charge in [-0.25, -0.2) is 4.89 Å². The van der Waals surface area contributed by atoms with E-state index in [9.17, 15) is 9.59 Å². The molecule has 2 heterocycles. The molecule has 1 saturated carbocycles. The number of amides is 1. The van der Waals surface area contributed by atoms with Crippen molar-refractivity contribution in [1.29, 1.82) is 0 Å². The van der Waals surface area contributed by atoms with E-state index < -0.39 is 31.5 Å². The molecule has 2 N–H and O–H groups in total. The number of unbranched alkanes of at least 4 members (excludes halogenated alkanes) is 2. The Bertz CT molecular complexity index is 805. The summed E-state index contributed by atoms with van der Waals surface area (Å²) in [6.45, 7) is 17.0. The molecule has 3 rings (SSSR count). The van der Waals surface area contributed by atoms with Crippen LogP contribution in [0.3, 0.4) is 0 Å². The Morgan fingerprint density at radius 2 is 1.71 bits per heavy atom. The molecule has 5 atom stereocenters. The van der Waals surface area contributed by atoms with Crippen LogP contribution in [0.2, 0.25) is 19.6 Å². The number of nitrogens with one attached hydrogen (secondary N) is 1. The molecule has 0 aromatic rings. The third-order valence-electron chi connectivity index (χ3n) is 8.27. The highest BCUT2D eigenvalue weighted by Gasteiger charge is 2.60. The van der Waals surface area contributed by atoms with Gasteiger partial charge in [-0.05, 0) is 44.9 Å². The van der Waals surface area contributed by atoms with Gasteiger partial charge in [0.15, 0.2) is 11.7 Å². The number of carbonyl (C=O) groups excluding carboxylic acids is 1. The topological polar surface area (TPSA) is 113 Å². The van der Waals surface area contributed by atoms with Gasteiger partial charge in [-0.15, -0.1) is 0 Å². The van der Waals surface area contributed by atoms with Gasteiger partial charge in [0, 0.05) is 43.1 Å². The number of hydrogen-bond acceptors (Lipinski definition) is 7. The molecule has 0 radical (unpaired) electrons. The summed E-state index contributed by atoms with van der Waals surface area (Å²) >= 11 is 0. The number of carboxylic acid groups (broad SMARTS) is 1. The largest absolute Gasteiger partial charge is 0.481 e. The van der Waals surface area contributed by atoms with Gasteiger partial charge in [-0.3, -0.25) is 9.59 Å². The molecule has 2 aliphatic heterocycles. The van der Waals surface area contributed by atoms with Crippen molar-refractivity contribution in [1.82, 2.24) is 5.32 Å². The second kappa shape index (κ2) is 12.6.